The van der Waals surface area contributed by atoms with Gasteiger partial charge in [0.05, 0.1) is 5.69 Å². The number of hydrazine groups is 1. The molecule has 0 atom stereocenters. The SMILES string of the molecule is CCCC(C)(C)NS(=O)(=O)c1cnccc1NN. The quantitative estimate of drug-likeness (QED) is 0.534. The zero-order chi connectivity index (χ0) is 13.8. The maximum absolute atomic E-state index is 12.3. The van der Waals surface area contributed by atoms with Gasteiger partial charge in [-0.05, 0) is 26.3 Å². The standard InChI is InChI=1S/C11H20N4O2S/c1-4-6-11(2,3)15-18(16,17)10-8-13-7-5-9(10)14-12/h5,7-8,15H,4,6,12H2,1-3H3,(H,13,14). The maximum atomic E-state index is 12.3. The Bertz CT molecular complexity index is 500. The Labute approximate surface area is 108 Å². The number of aromatic nitrogens is 1. The number of nitrogens with zero attached hydrogens (tertiary/aromatic N) is 1. The van der Waals surface area contributed by atoms with Gasteiger partial charge in [-0.1, -0.05) is 13.3 Å². The van der Waals surface area contributed by atoms with E-state index in [1.54, 1.807) is 0 Å². The fraction of sp³-hybridized carbons (Fsp3) is 0.545. The third-order valence-corrected chi connectivity index (χ3v) is 4.24. The summed E-state index contributed by atoms with van der Waals surface area (Å²) >= 11 is 0. The summed E-state index contributed by atoms with van der Waals surface area (Å²) < 4.78 is 27.2. The zero-order valence-electron chi connectivity index (χ0n) is 10.9. The van der Waals surface area contributed by atoms with Crippen molar-refractivity contribution >= 4 is 15.7 Å². The van der Waals surface area contributed by atoms with Gasteiger partial charge in [-0.2, -0.15) is 0 Å². The molecule has 0 radical (unpaired) electrons. The summed E-state index contributed by atoms with van der Waals surface area (Å²) in [7, 11) is -3.64. The molecule has 0 saturated carbocycles. The smallest absolute Gasteiger partial charge is 0.244 e. The van der Waals surface area contributed by atoms with Crippen LogP contribution in [0.3, 0.4) is 0 Å². The number of rotatable bonds is 6. The fourth-order valence-electron chi connectivity index (χ4n) is 1.81. The van der Waals surface area contributed by atoms with Crippen LogP contribution in [0.2, 0.25) is 0 Å². The molecule has 0 aromatic carbocycles. The second-order valence-corrected chi connectivity index (χ2v) is 6.41. The first kappa shape index (κ1) is 14.9. The van der Waals surface area contributed by atoms with Gasteiger partial charge < -0.3 is 5.43 Å². The molecule has 1 aromatic rings. The van der Waals surface area contributed by atoms with Crippen LogP contribution in [-0.4, -0.2) is 18.9 Å². The van der Waals surface area contributed by atoms with Crippen molar-refractivity contribution in [3.63, 3.8) is 0 Å². The average Bonchev–Trinajstić information content (AvgIpc) is 2.27. The van der Waals surface area contributed by atoms with Gasteiger partial charge >= 0.3 is 0 Å². The highest BCUT2D eigenvalue weighted by Gasteiger charge is 2.27. The molecule has 0 fully saturated rings. The first-order valence-electron chi connectivity index (χ1n) is 5.77. The van der Waals surface area contributed by atoms with Crippen molar-refractivity contribution in [2.24, 2.45) is 5.84 Å². The van der Waals surface area contributed by atoms with E-state index in [0.717, 1.165) is 12.8 Å². The minimum Gasteiger partial charge on any atom is -0.323 e. The van der Waals surface area contributed by atoms with Crippen molar-refractivity contribution in [1.82, 2.24) is 9.71 Å². The summed E-state index contributed by atoms with van der Waals surface area (Å²) in [4.78, 5) is 3.87. The molecule has 4 N–H and O–H groups in total. The molecule has 0 bridgehead atoms. The molecule has 0 aliphatic rings. The monoisotopic (exact) mass is 272 g/mol. The number of nitrogen functional groups attached to an aromatic ring is 1. The largest absolute Gasteiger partial charge is 0.323 e. The summed E-state index contributed by atoms with van der Waals surface area (Å²) in [6.45, 7) is 5.70. The van der Waals surface area contributed by atoms with Gasteiger partial charge in [0.15, 0.2) is 0 Å². The highest BCUT2D eigenvalue weighted by molar-refractivity contribution is 7.89. The number of anilines is 1. The number of hydrogen-bond donors (Lipinski definition) is 3. The Balaban J connectivity index is 3.07. The number of hydrogen-bond acceptors (Lipinski definition) is 5. The maximum Gasteiger partial charge on any atom is 0.244 e. The normalized spacial score (nSPS) is 12.4. The number of sulfonamides is 1. The Kier molecular flexibility index (Phi) is 4.66. The second kappa shape index (κ2) is 5.64. The molecule has 102 valence electrons. The third kappa shape index (κ3) is 3.66. The summed E-state index contributed by atoms with van der Waals surface area (Å²) in [5.41, 5.74) is 2.18. The predicted octanol–water partition coefficient (Wildman–Crippen LogP) is 1.22. The number of nitrogens with one attached hydrogen (secondary N) is 2. The lowest BCUT2D eigenvalue weighted by atomic mass is 10.0. The molecule has 1 rings (SSSR count). The predicted molar refractivity (Wildman–Crippen MR) is 71.4 cm³/mol. The fourth-order valence-corrected chi connectivity index (χ4v) is 3.36. The minimum absolute atomic E-state index is 0.0525. The van der Waals surface area contributed by atoms with E-state index in [0.29, 0.717) is 5.69 Å². The lowest BCUT2D eigenvalue weighted by Crippen LogP contribution is -2.43. The van der Waals surface area contributed by atoms with E-state index in [1.807, 2.05) is 20.8 Å². The molecule has 1 heterocycles. The van der Waals surface area contributed by atoms with Crippen LogP contribution in [0.5, 0.6) is 0 Å². The van der Waals surface area contributed by atoms with Gasteiger partial charge in [0.25, 0.3) is 0 Å². The Hall–Kier alpha value is -1.18. The van der Waals surface area contributed by atoms with Gasteiger partial charge in [0.2, 0.25) is 10.0 Å². The first-order chi connectivity index (χ1) is 8.32. The van der Waals surface area contributed by atoms with E-state index in [9.17, 15) is 8.42 Å². The molecule has 0 amide bonds. The molecule has 1 aromatic heterocycles. The van der Waals surface area contributed by atoms with Gasteiger partial charge in [0.1, 0.15) is 4.90 Å². The molecule has 7 heteroatoms. The van der Waals surface area contributed by atoms with E-state index >= 15 is 0 Å². The molecule has 6 nitrogen and oxygen atoms in total. The molecule has 0 aliphatic carbocycles. The number of nitrogens with two attached hydrogens (primary N) is 1. The van der Waals surface area contributed by atoms with Crippen LogP contribution in [0.4, 0.5) is 5.69 Å². The van der Waals surface area contributed by atoms with E-state index in [4.69, 9.17) is 5.84 Å². The lowest BCUT2D eigenvalue weighted by Gasteiger charge is -2.25. The molecule has 0 spiro atoms. The van der Waals surface area contributed by atoms with Gasteiger partial charge in [-0.3, -0.25) is 10.8 Å². The van der Waals surface area contributed by atoms with Crippen molar-refractivity contribution in [3.05, 3.63) is 18.5 Å². The van der Waals surface area contributed by atoms with Crippen LogP contribution in [0.25, 0.3) is 0 Å². The molecule has 0 unspecified atom stereocenters. The lowest BCUT2D eigenvalue weighted by molar-refractivity contribution is 0.418. The Morgan fingerprint density at radius 3 is 2.67 bits per heavy atom. The molecular formula is C11H20N4O2S. The van der Waals surface area contributed by atoms with E-state index in [1.165, 1.54) is 18.5 Å². The van der Waals surface area contributed by atoms with E-state index in [-0.39, 0.29) is 4.90 Å². The van der Waals surface area contributed by atoms with Crippen molar-refractivity contribution in [2.75, 3.05) is 5.43 Å². The Morgan fingerprint density at radius 2 is 2.11 bits per heavy atom. The van der Waals surface area contributed by atoms with Crippen molar-refractivity contribution < 1.29 is 8.42 Å². The van der Waals surface area contributed by atoms with Gasteiger partial charge in [-0.25, -0.2) is 13.1 Å². The van der Waals surface area contributed by atoms with Crippen molar-refractivity contribution in [3.8, 4) is 0 Å². The minimum atomic E-state index is -3.64. The highest BCUT2D eigenvalue weighted by atomic mass is 32.2. The summed E-state index contributed by atoms with van der Waals surface area (Å²) in [6, 6.07) is 1.52. The average molecular weight is 272 g/mol. The molecule has 0 saturated heterocycles. The number of pyridine rings is 1. The Morgan fingerprint density at radius 1 is 1.44 bits per heavy atom. The van der Waals surface area contributed by atoms with Crippen LogP contribution < -0.4 is 16.0 Å². The van der Waals surface area contributed by atoms with Crippen LogP contribution in [0.15, 0.2) is 23.4 Å². The second-order valence-electron chi connectivity index (χ2n) is 4.76. The molecule has 0 aliphatic heterocycles. The van der Waals surface area contributed by atoms with E-state index in [2.05, 4.69) is 15.1 Å². The van der Waals surface area contributed by atoms with Crippen LogP contribution in [0, 0.1) is 0 Å². The third-order valence-electron chi connectivity index (χ3n) is 2.52. The molecule has 18 heavy (non-hydrogen) atoms. The summed E-state index contributed by atoms with van der Waals surface area (Å²) in [5.74, 6) is 5.30. The summed E-state index contributed by atoms with van der Waals surface area (Å²) in [5, 5.41) is 0. The summed E-state index contributed by atoms with van der Waals surface area (Å²) in [6.07, 6.45) is 4.40. The van der Waals surface area contributed by atoms with Crippen LogP contribution in [-0.2, 0) is 10.0 Å². The first-order valence-corrected chi connectivity index (χ1v) is 7.25. The van der Waals surface area contributed by atoms with Gasteiger partial charge in [-0.15, -0.1) is 0 Å². The molecular weight excluding hydrogens is 252 g/mol. The zero-order valence-corrected chi connectivity index (χ0v) is 11.7. The van der Waals surface area contributed by atoms with Crippen molar-refractivity contribution in [2.45, 2.75) is 44.0 Å². The van der Waals surface area contributed by atoms with Crippen molar-refractivity contribution in [1.29, 1.82) is 0 Å². The van der Waals surface area contributed by atoms with E-state index < -0.39 is 15.6 Å². The topological polar surface area (TPSA) is 97.1 Å². The van der Waals surface area contributed by atoms with Gasteiger partial charge in [0, 0.05) is 17.9 Å². The highest BCUT2D eigenvalue weighted by Crippen LogP contribution is 2.21. The van der Waals surface area contributed by atoms with Crippen LogP contribution in [0.1, 0.15) is 33.6 Å². The van der Waals surface area contributed by atoms with Crippen LogP contribution >= 0.6 is 0 Å².